The fraction of sp³-hybridized carbons (Fsp3) is 0.389. The molecule has 126 valence electrons. The second-order valence-electron chi connectivity index (χ2n) is 6.31. The second-order valence-corrected chi connectivity index (χ2v) is 7.43. The molecule has 0 bridgehead atoms. The van der Waals surface area contributed by atoms with E-state index in [0.29, 0.717) is 18.2 Å². The number of carbonyl (C=O) groups excluding carboxylic acids is 1. The van der Waals surface area contributed by atoms with Gasteiger partial charge in [0, 0.05) is 18.7 Å². The number of benzene rings is 1. The lowest BCUT2D eigenvalue weighted by Gasteiger charge is -2.01. The van der Waals surface area contributed by atoms with Gasteiger partial charge in [-0.3, -0.25) is 9.89 Å². The SMILES string of the molecule is CC(C)Cc1cc(C(=O)NCCCc2nc3ccccc3s2)n[nH]1. The molecule has 24 heavy (non-hydrogen) atoms. The molecule has 0 aliphatic rings. The molecule has 0 fully saturated rings. The highest BCUT2D eigenvalue weighted by Gasteiger charge is 2.11. The number of nitrogens with zero attached hydrogens (tertiary/aromatic N) is 2. The van der Waals surface area contributed by atoms with Crippen LogP contribution < -0.4 is 5.32 Å². The van der Waals surface area contributed by atoms with Gasteiger partial charge < -0.3 is 5.32 Å². The Labute approximate surface area is 145 Å². The lowest BCUT2D eigenvalue weighted by Crippen LogP contribution is -2.25. The van der Waals surface area contributed by atoms with Gasteiger partial charge in [-0.1, -0.05) is 26.0 Å². The van der Waals surface area contributed by atoms with Crippen LogP contribution in [0.1, 0.15) is 41.5 Å². The maximum Gasteiger partial charge on any atom is 0.271 e. The highest BCUT2D eigenvalue weighted by molar-refractivity contribution is 7.18. The van der Waals surface area contributed by atoms with Gasteiger partial charge in [-0.05, 0) is 37.0 Å². The quantitative estimate of drug-likeness (QED) is 0.645. The molecule has 3 aromatic rings. The van der Waals surface area contributed by atoms with Crippen molar-refractivity contribution in [2.45, 2.75) is 33.1 Å². The summed E-state index contributed by atoms with van der Waals surface area (Å²) in [4.78, 5) is 16.7. The fourth-order valence-corrected chi connectivity index (χ4v) is 3.59. The Morgan fingerprint density at radius 2 is 2.17 bits per heavy atom. The minimum atomic E-state index is -0.120. The summed E-state index contributed by atoms with van der Waals surface area (Å²) in [5.41, 5.74) is 2.52. The van der Waals surface area contributed by atoms with Crippen molar-refractivity contribution >= 4 is 27.5 Å². The molecule has 2 aromatic heterocycles. The largest absolute Gasteiger partial charge is 0.351 e. The molecule has 0 saturated carbocycles. The van der Waals surface area contributed by atoms with Gasteiger partial charge in [0.2, 0.25) is 0 Å². The first kappa shape index (κ1) is 16.6. The number of hydrogen-bond donors (Lipinski definition) is 2. The summed E-state index contributed by atoms with van der Waals surface area (Å²) in [5, 5.41) is 11.1. The maximum atomic E-state index is 12.1. The van der Waals surface area contributed by atoms with Crippen LogP contribution in [0.3, 0.4) is 0 Å². The minimum Gasteiger partial charge on any atom is -0.351 e. The number of aromatic amines is 1. The predicted octanol–water partition coefficient (Wildman–Crippen LogP) is 3.58. The molecule has 2 heterocycles. The Balaban J connectivity index is 1.45. The van der Waals surface area contributed by atoms with Gasteiger partial charge in [0.1, 0.15) is 5.69 Å². The highest BCUT2D eigenvalue weighted by Crippen LogP contribution is 2.22. The van der Waals surface area contributed by atoms with Crippen LogP contribution in [0.5, 0.6) is 0 Å². The molecule has 0 saturated heterocycles. The van der Waals surface area contributed by atoms with E-state index in [1.165, 1.54) is 4.70 Å². The average molecular weight is 342 g/mol. The third-order valence-corrected chi connectivity index (χ3v) is 4.78. The third kappa shape index (κ3) is 4.20. The number of aromatic nitrogens is 3. The van der Waals surface area contributed by atoms with Crippen LogP contribution in [0.25, 0.3) is 10.2 Å². The van der Waals surface area contributed by atoms with Gasteiger partial charge in [-0.2, -0.15) is 5.10 Å². The number of aryl methyl sites for hydroxylation is 1. The van der Waals surface area contributed by atoms with Crippen molar-refractivity contribution in [1.29, 1.82) is 0 Å². The Kier molecular flexibility index (Phi) is 5.25. The van der Waals surface area contributed by atoms with Crippen molar-refractivity contribution in [3.8, 4) is 0 Å². The molecule has 0 aliphatic heterocycles. The minimum absolute atomic E-state index is 0.120. The van der Waals surface area contributed by atoms with Gasteiger partial charge in [0.25, 0.3) is 5.91 Å². The molecule has 1 amide bonds. The van der Waals surface area contributed by atoms with Gasteiger partial charge >= 0.3 is 0 Å². The van der Waals surface area contributed by atoms with Crippen molar-refractivity contribution in [3.63, 3.8) is 0 Å². The number of hydrogen-bond acceptors (Lipinski definition) is 4. The third-order valence-electron chi connectivity index (χ3n) is 3.68. The molecule has 1 aromatic carbocycles. The fourth-order valence-electron chi connectivity index (χ4n) is 2.58. The summed E-state index contributed by atoms with van der Waals surface area (Å²) in [7, 11) is 0. The molecule has 6 heteroatoms. The zero-order valence-corrected chi connectivity index (χ0v) is 14.8. The van der Waals surface area contributed by atoms with Gasteiger partial charge in [0.05, 0.1) is 15.2 Å². The van der Waals surface area contributed by atoms with E-state index in [9.17, 15) is 4.79 Å². The van der Waals surface area contributed by atoms with Crippen molar-refractivity contribution in [2.24, 2.45) is 5.92 Å². The normalized spacial score (nSPS) is 11.3. The monoisotopic (exact) mass is 342 g/mol. The van der Waals surface area contributed by atoms with Crippen LogP contribution in [-0.4, -0.2) is 27.6 Å². The zero-order chi connectivity index (χ0) is 16.9. The zero-order valence-electron chi connectivity index (χ0n) is 14.0. The standard InChI is InChI=1S/C18H22N4OS/c1-12(2)10-13-11-15(22-21-13)18(23)19-9-5-8-17-20-14-6-3-4-7-16(14)24-17/h3-4,6-7,11-12H,5,8-10H2,1-2H3,(H,19,23)(H,21,22). The number of nitrogens with one attached hydrogen (secondary N) is 2. The first-order valence-electron chi connectivity index (χ1n) is 8.29. The highest BCUT2D eigenvalue weighted by atomic mass is 32.1. The topological polar surface area (TPSA) is 70.7 Å². The van der Waals surface area contributed by atoms with E-state index in [1.807, 2.05) is 24.3 Å². The molecule has 3 rings (SSSR count). The predicted molar refractivity (Wildman–Crippen MR) is 97.4 cm³/mol. The number of rotatable bonds is 7. The van der Waals surface area contributed by atoms with Crippen molar-refractivity contribution in [3.05, 3.63) is 46.7 Å². The lowest BCUT2D eigenvalue weighted by atomic mass is 10.1. The van der Waals surface area contributed by atoms with Crippen LogP contribution in [0.2, 0.25) is 0 Å². The average Bonchev–Trinajstić information content (AvgIpc) is 3.17. The van der Waals surface area contributed by atoms with E-state index in [0.717, 1.165) is 35.5 Å². The van der Waals surface area contributed by atoms with Crippen LogP contribution >= 0.6 is 11.3 Å². The van der Waals surface area contributed by atoms with Crippen LogP contribution in [0.4, 0.5) is 0 Å². The molecule has 0 spiro atoms. The van der Waals surface area contributed by atoms with Gasteiger partial charge in [-0.25, -0.2) is 4.98 Å². The summed E-state index contributed by atoms with van der Waals surface area (Å²) in [6, 6.07) is 9.99. The summed E-state index contributed by atoms with van der Waals surface area (Å²) in [5.74, 6) is 0.417. The molecule has 0 atom stereocenters. The summed E-state index contributed by atoms with van der Waals surface area (Å²) >= 11 is 1.72. The Bertz CT molecular complexity index is 788. The number of fused-ring (bicyclic) bond motifs is 1. The number of thiazole rings is 1. The molecular weight excluding hydrogens is 320 g/mol. The first-order chi connectivity index (χ1) is 11.6. The number of para-hydroxylation sites is 1. The Hall–Kier alpha value is -2.21. The van der Waals surface area contributed by atoms with E-state index in [4.69, 9.17) is 0 Å². The van der Waals surface area contributed by atoms with E-state index in [2.05, 4.69) is 40.4 Å². The smallest absolute Gasteiger partial charge is 0.271 e. The van der Waals surface area contributed by atoms with E-state index >= 15 is 0 Å². The van der Waals surface area contributed by atoms with Crippen LogP contribution in [-0.2, 0) is 12.8 Å². The summed E-state index contributed by atoms with van der Waals surface area (Å²) in [6.07, 6.45) is 2.64. The second kappa shape index (κ2) is 7.57. The molecule has 0 radical (unpaired) electrons. The van der Waals surface area contributed by atoms with Gasteiger partial charge in [-0.15, -0.1) is 11.3 Å². The van der Waals surface area contributed by atoms with Crippen molar-refractivity contribution in [1.82, 2.24) is 20.5 Å². The first-order valence-corrected chi connectivity index (χ1v) is 9.10. The van der Waals surface area contributed by atoms with E-state index < -0.39 is 0 Å². The summed E-state index contributed by atoms with van der Waals surface area (Å²) in [6.45, 7) is 4.91. The Morgan fingerprint density at radius 1 is 1.33 bits per heavy atom. The molecule has 2 N–H and O–H groups in total. The number of carbonyl (C=O) groups is 1. The van der Waals surface area contributed by atoms with Crippen LogP contribution in [0, 0.1) is 5.92 Å². The number of amides is 1. The van der Waals surface area contributed by atoms with Crippen LogP contribution in [0.15, 0.2) is 30.3 Å². The molecule has 0 aliphatic carbocycles. The van der Waals surface area contributed by atoms with E-state index in [-0.39, 0.29) is 5.91 Å². The molecular formula is C18H22N4OS. The van der Waals surface area contributed by atoms with Crippen molar-refractivity contribution in [2.75, 3.05) is 6.54 Å². The van der Waals surface area contributed by atoms with Gasteiger partial charge in [0.15, 0.2) is 0 Å². The van der Waals surface area contributed by atoms with E-state index in [1.54, 1.807) is 11.3 Å². The maximum absolute atomic E-state index is 12.1. The Morgan fingerprint density at radius 3 is 2.96 bits per heavy atom. The lowest BCUT2D eigenvalue weighted by molar-refractivity contribution is 0.0948. The molecule has 5 nitrogen and oxygen atoms in total. The summed E-state index contributed by atoms with van der Waals surface area (Å²) < 4.78 is 1.21. The number of H-pyrrole nitrogens is 1. The molecule has 0 unspecified atom stereocenters. The van der Waals surface area contributed by atoms with Crippen molar-refractivity contribution < 1.29 is 4.79 Å².